The highest BCUT2D eigenvalue weighted by molar-refractivity contribution is 7.12. The van der Waals surface area contributed by atoms with Gasteiger partial charge in [0.2, 0.25) is 0 Å². The van der Waals surface area contributed by atoms with Crippen LogP contribution in [0, 0.1) is 0 Å². The zero-order chi connectivity index (χ0) is 15.0. The molecule has 5 rings (SSSR count). The molecule has 0 unspecified atom stereocenters. The molecule has 3 heterocycles. The number of carbonyl (C=O) groups is 2. The highest BCUT2D eigenvalue weighted by atomic mass is 32.1. The van der Waals surface area contributed by atoms with Crippen molar-refractivity contribution in [2.24, 2.45) is 0 Å². The Balaban J connectivity index is 1.66. The Morgan fingerprint density at radius 3 is 2.82 bits per heavy atom. The number of fused-ring (bicyclic) bond motifs is 5. The molecular formula is C18H15NO2S. The third-order valence-electron chi connectivity index (χ3n) is 5.08. The second-order valence-corrected chi connectivity index (χ2v) is 7.60. The lowest BCUT2D eigenvalue weighted by Crippen LogP contribution is -2.46. The molecule has 22 heavy (non-hydrogen) atoms. The molecule has 1 aliphatic carbocycles. The van der Waals surface area contributed by atoms with Crippen molar-refractivity contribution < 1.29 is 9.59 Å². The van der Waals surface area contributed by atoms with E-state index in [1.54, 1.807) is 4.90 Å². The number of Topliss-reactive ketones (excluding diaryl/α,β-unsaturated/α-hetero) is 1. The first-order valence-corrected chi connectivity index (χ1v) is 8.58. The summed E-state index contributed by atoms with van der Waals surface area (Å²) in [5, 5.41) is 0. The molecule has 0 fully saturated rings. The van der Waals surface area contributed by atoms with Crippen LogP contribution >= 0.6 is 11.3 Å². The topological polar surface area (TPSA) is 37.4 Å². The zero-order valence-corrected chi connectivity index (χ0v) is 13.1. The Morgan fingerprint density at radius 2 is 2.00 bits per heavy atom. The van der Waals surface area contributed by atoms with Crippen LogP contribution in [-0.2, 0) is 30.6 Å². The Labute approximate surface area is 132 Å². The highest BCUT2D eigenvalue weighted by Crippen LogP contribution is 2.44. The fraction of sp³-hybridized carbons (Fsp3) is 0.333. The fourth-order valence-corrected chi connectivity index (χ4v) is 4.93. The van der Waals surface area contributed by atoms with Crippen LogP contribution in [0.4, 0.5) is 0 Å². The van der Waals surface area contributed by atoms with Gasteiger partial charge in [-0.25, -0.2) is 0 Å². The fourth-order valence-electron chi connectivity index (χ4n) is 3.77. The van der Waals surface area contributed by atoms with Gasteiger partial charge in [0.1, 0.15) is 0 Å². The number of rotatable bonds is 1. The predicted octanol–water partition coefficient (Wildman–Crippen LogP) is 3.04. The van der Waals surface area contributed by atoms with E-state index < -0.39 is 0 Å². The number of carbonyl (C=O) groups excluding carboxylic acids is 2. The van der Waals surface area contributed by atoms with Crippen LogP contribution in [0.15, 0.2) is 18.2 Å². The molecule has 4 heteroatoms. The maximum Gasteiger partial charge on any atom is 0.295 e. The number of hydrogen-bond acceptors (Lipinski definition) is 3. The first kappa shape index (κ1) is 12.6. The van der Waals surface area contributed by atoms with Crippen molar-refractivity contribution in [3.05, 3.63) is 55.8 Å². The number of aryl methyl sites for hydroxylation is 1. The van der Waals surface area contributed by atoms with Crippen molar-refractivity contribution in [2.45, 2.75) is 38.8 Å². The van der Waals surface area contributed by atoms with E-state index in [2.05, 4.69) is 19.1 Å². The molecule has 1 atom stereocenters. The number of ketones is 1. The van der Waals surface area contributed by atoms with Gasteiger partial charge >= 0.3 is 0 Å². The van der Waals surface area contributed by atoms with Crippen LogP contribution in [-0.4, -0.2) is 16.6 Å². The first-order chi connectivity index (χ1) is 10.7. The van der Waals surface area contributed by atoms with Crippen molar-refractivity contribution in [3.63, 3.8) is 0 Å². The summed E-state index contributed by atoms with van der Waals surface area (Å²) in [6.07, 6.45) is 2.86. The molecule has 2 aromatic rings. The molecule has 0 saturated heterocycles. The molecule has 0 saturated carbocycles. The van der Waals surface area contributed by atoms with E-state index in [4.69, 9.17) is 0 Å². The zero-order valence-electron chi connectivity index (χ0n) is 12.3. The Morgan fingerprint density at radius 1 is 1.18 bits per heavy atom. The second-order valence-electron chi connectivity index (χ2n) is 6.38. The molecule has 1 aromatic heterocycles. The van der Waals surface area contributed by atoms with E-state index in [1.165, 1.54) is 26.4 Å². The quantitative estimate of drug-likeness (QED) is 0.648. The number of hydrogen-bond donors (Lipinski definition) is 0. The van der Waals surface area contributed by atoms with Crippen molar-refractivity contribution >= 4 is 23.0 Å². The van der Waals surface area contributed by atoms with Crippen molar-refractivity contribution in [1.82, 2.24) is 4.90 Å². The summed E-state index contributed by atoms with van der Waals surface area (Å²) in [6.45, 7) is 2.74. The van der Waals surface area contributed by atoms with Crippen molar-refractivity contribution in [2.75, 3.05) is 0 Å². The summed E-state index contributed by atoms with van der Waals surface area (Å²) < 4.78 is 0. The third-order valence-corrected chi connectivity index (χ3v) is 6.42. The lowest BCUT2D eigenvalue weighted by atomic mass is 9.86. The van der Waals surface area contributed by atoms with E-state index in [-0.39, 0.29) is 17.7 Å². The van der Waals surface area contributed by atoms with Gasteiger partial charge in [-0.1, -0.05) is 13.0 Å². The van der Waals surface area contributed by atoms with Crippen molar-refractivity contribution in [3.8, 4) is 0 Å². The first-order valence-electron chi connectivity index (χ1n) is 7.77. The minimum Gasteiger partial charge on any atom is -0.324 e. The van der Waals surface area contributed by atoms with Gasteiger partial charge in [0.25, 0.3) is 11.7 Å². The summed E-state index contributed by atoms with van der Waals surface area (Å²) in [4.78, 5) is 29.5. The van der Waals surface area contributed by atoms with Gasteiger partial charge in [-0.3, -0.25) is 9.59 Å². The average Bonchev–Trinajstić information content (AvgIpc) is 3.18. The van der Waals surface area contributed by atoms with Gasteiger partial charge in [-0.15, -0.1) is 11.3 Å². The van der Waals surface area contributed by atoms with Gasteiger partial charge in [-0.05, 0) is 47.2 Å². The molecule has 0 spiro atoms. The number of amides is 1. The molecule has 0 bridgehead atoms. The van der Waals surface area contributed by atoms with E-state index in [0.29, 0.717) is 12.1 Å². The summed E-state index contributed by atoms with van der Waals surface area (Å²) in [5.41, 5.74) is 5.52. The minimum absolute atomic E-state index is 0.0435. The summed E-state index contributed by atoms with van der Waals surface area (Å²) in [5.74, 6) is -0.650. The highest BCUT2D eigenvalue weighted by Gasteiger charge is 2.43. The number of nitrogens with zero attached hydrogens (tertiary/aromatic N) is 1. The predicted molar refractivity (Wildman–Crippen MR) is 84.3 cm³/mol. The smallest absolute Gasteiger partial charge is 0.295 e. The Bertz CT molecular complexity index is 864. The van der Waals surface area contributed by atoms with Crippen LogP contribution in [0.3, 0.4) is 0 Å². The van der Waals surface area contributed by atoms with E-state index in [9.17, 15) is 9.59 Å². The Hall–Kier alpha value is -1.94. The number of thiophene rings is 1. The van der Waals surface area contributed by atoms with Gasteiger partial charge < -0.3 is 4.90 Å². The molecular weight excluding hydrogens is 294 g/mol. The summed E-state index contributed by atoms with van der Waals surface area (Å²) >= 11 is 1.86. The maximum atomic E-state index is 12.5. The molecule has 1 aromatic carbocycles. The maximum absolute atomic E-state index is 12.5. The molecule has 0 radical (unpaired) electrons. The molecule has 3 nitrogen and oxygen atoms in total. The van der Waals surface area contributed by atoms with Crippen LogP contribution in [0.5, 0.6) is 0 Å². The van der Waals surface area contributed by atoms with Crippen LogP contribution in [0.2, 0.25) is 0 Å². The standard InChI is InChI=1S/C18H15NO2S/c1-2-12-4-11-8-19-15(7-16(11)22-12)13-5-9-3-10(9)6-14(13)17(20)18(19)21/h4-6,15H,2-3,7-8H2,1H3/t15-/m0/s1. The second kappa shape index (κ2) is 4.07. The number of benzene rings is 1. The van der Waals surface area contributed by atoms with Gasteiger partial charge in [-0.2, -0.15) is 0 Å². The van der Waals surface area contributed by atoms with E-state index >= 15 is 0 Å². The van der Waals surface area contributed by atoms with E-state index in [0.717, 1.165) is 24.8 Å². The van der Waals surface area contributed by atoms with Crippen LogP contribution < -0.4 is 0 Å². The lowest BCUT2D eigenvalue weighted by molar-refractivity contribution is -0.130. The minimum atomic E-state index is -0.326. The summed E-state index contributed by atoms with van der Waals surface area (Å²) in [7, 11) is 0. The molecule has 3 aliphatic rings. The van der Waals surface area contributed by atoms with Crippen molar-refractivity contribution in [1.29, 1.82) is 0 Å². The van der Waals surface area contributed by atoms with E-state index in [1.807, 2.05) is 17.4 Å². The Kier molecular flexibility index (Phi) is 2.33. The lowest BCUT2D eigenvalue weighted by Gasteiger charge is -2.39. The largest absolute Gasteiger partial charge is 0.324 e. The van der Waals surface area contributed by atoms with Gasteiger partial charge in [0.15, 0.2) is 0 Å². The summed E-state index contributed by atoms with van der Waals surface area (Å²) in [6, 6.07) is 6.35. The third kappa shape index (κ3) is 1.56. The van der Waals surface area contributed by atoms with Gasteiger partial charge in [0.05, 0.1) is 6.04 Å². The molecule has 0 N–H and O–H groups in total. The average molecular weight is 309 g/mol. The normalized spacial score (nSPS) is 21.1. The van der Waals surface area contributed by atoms with Crippen LogP contribution in [0.25, 0.3) is 0 Å². The molecule has 2 aliphatic heterocycles. The van der Waals surface area contributed by atoms with Crippen LogP contribution in [0.1, 0.15) is 55.3 Å². The van der Waals surface area contributed by atoms with Gasteiger partial charge in [0, 0.05) is 28.3 Å². The SMILES string of the molecule is CCc1cc2c(s1)C[C@H]1c3cc4c(cc3C(=O)C(=O)N1C2)C4. The molecule has 110 valence electrons. The monoisotopic (exact) mass is 309 g/mol. The molecule has 1 amide bonds.